The first-order chi connectivity index (χ1) is 12.6. The Bertz CT molecular complexity index is 1050. The SMILES string of the molecule is CC(C)c1ccc(-c2nc3ccccc3n2Cc2cccc(F)c2)cc1. The fourth-order valence-corrected chi connectivity index (χ4v) is 3.29. The van der Waals surface area contributed by atoms with Crippen LogP contribution >= 0.6 is 0 Å². The van der Waals surface area contributed by atoms with E-state index in [4.69, 9.17) is 4.98 Å². The molecule has 4 rings (SSSR count). The zero-order valence-electron chi connectivity index (χ0n) is 15.0. The third-order valence-electron chi connectivity index (χ3n) is 4.72. The van der Waals surface area contributed by atoms with Crippen molar-refractivity contribution >= 4 is 11.0 Å². The highest BCUT2D eigenvalue weighted by Crippen LogP contribution is 2.27. The predicted molar refractivity (Wildman–Crippen MR) is 105 cm³/mol. The Morgan fingerprint density at radius 2 is 1.69 bits per heavy atom. The monoisotopic (exact) mass is 344 g/mol. The van der Waals surface area contributed by atoms with Gasteiger partial charge >= 0.3 is 0 Å². The first kappa shape index (κ1) is 16.5. The topological polar surface area (TPSA) is 17.8 Å². The first-order valence-corrected chi connectivity index (χ1v) is 8.92. The van der Waals surface area contributed by atoms with E-state index in [9.17, 15) is 4.39 Å². The third-order valence-corrected chi connectivity index (χ3v) is 4.72. The van der Waals surface area contributed by atoms with Crippen LogP contribution in [0.4, 0.5) is 4.39 Å². The summed E-state index contributed by atoms with van der Waals surface area (Å²) in [4.78, 5) is 4.85. The van der Waals surface area contributed by atoms with Gasteiger partial charge in [-0.2, -0.15) is 0 Å². The molecule has 0 N–H and O–H groups in total. The molecule has 0 bridgehead atoms. The predicted octanol–water partition coefficient (Wildman–Crippen LogP) is 6.01. The maximum absolute atomic E-state index is 13.6. The number of hydrogen-bond donors (Lipinski definition) is 0. The molecule has 3 aromatic carbocycles. The van der Waals surface area contributed by atoms with Gasteiger partial charge < -0.3 is 4.57 Å². The number of rotatable bonds is 4. The van der Waals surface area contributed by atoms with Gasteiger partial charge in [-0.25, -0.2) is 9.37 Å². The summed E-state index contributed by atoms with van der Waals surface area (Å²) >= 11 is 0. The molecule has 0 fully saturated rings. The van der Waals surface area contributed by atoms with Gasteiger partial charge in [-0.3, -0.25) is 0 Å². The lowest BCUT2D eigenvalue weighted by Crippen LogP contribution is -2.02. The minimum absolute atomic E-state index is 0.213. The van der Waals surface area contributed by atoms with Crippen LogP contribution in [-0.4, -0.2) is 9.55 Å². The van der Waals surface area contributed by atoms with Gasteiger partial charge in [0, 0.05) is 12.1 Å². The van der Waals surface area contributed by atoms with Gasteiger partial charge in [0.15, 0.2) is 0 Å². The van der Waals surface area contributed by atoms with E-state index in [0.717, 1.165) is 28.0 Å². The van der Waals surface area contributed by atoms with Crippen LogP contribution in [0.3, 0.4) is 0 Å². The number of halogens is 1. The van der Waals surface area contributed by atoms with E-state index < -0.39 is 0 Å². The lowest BCUT2D eigenvalue weighted by Gasteiger charge is -2.11. The number of para-hydroxylation sites is 2. The molecule has 0 saturated carbocycles. The Balaban J connectivity index is 1.83. The van der Waals surface area contributed by atoms with Crippen molar-refractivity contribution < 1.29 is 4.39 Å². The van der Waals surface area contributed by atoms with Gasteiger partial charge in [-0.15, -0.1) is 0 Å². The molecular formula is C23H21FN2. The molecule has 0 unspecified atom stereocenters. The van der Waals surface area contributed by atoms with Crippen molar-refractivity contribution in [3.05, 3.63) is 89.7 Å². The molecule has 0 radical (unpaired) electrons. The summed E-state index contributed by atoms with van der Waals surface area (Å²) in [6, 6.07) is 23.4. The van der Waals surface area contributed by atoms with Crippen LogP contribution in [0.25, 0.3) is 22.4 Å². The summed E-state index contributed by atoms with van der Waals surface area (Å²) in [6.07, 6.45) is 0. The second-order valence-corrected chi connectivity index (χ2v) is 6.92. The van der Waals surface area contributed by atoms with Gasteiger partial charge in [0.25, 0.3) is 0 Å². The smallest absolute Gasteiger partial charge is 0.141 e. The highest BCUT2D eigenvalue weighted by molar-refractivity contribution is 5.80. The number of aromatic nitrogens is 2. The largest absolute Gasteiger partial charge is 0.319 e. The molecule has 130 valence electrons. The molecule has 1 aromatic heterocycles. The van der Waals surface area contributed by atoms with Crippen molar-refractivity contribution in [2.24, 2.45) is 0 Å². The lowest BCUT2D eigenvalue weighted by atomic mass is 10.0. The van der Waals surface area contributed by atoms with Gasteiger partial charge in [0.1, 0.15) is 11.6 Å². The standard InChI is InChI=1S/C23H21FN2/c1-16(2)18-10-12-19(13-11-18)23-25-21-8-3-4-9-22(21)26(23)15-17-6-5-7-20(24)14-17/h3-14,16H,15H2,1-2H3. The quantitative estimate of drug-likeness (QED) is 0.443. The van der Waals surface area contributed by atoms with E-state index in [1.165, 1.54) is 11.6 Å². The number of benzene rings is 3. The van der Waals surface area contributed by atoms with Crippen LogP contribution in [0.5, 0.6) is 0 Å². The number of hydrogen-bond acceptors (Lipinski definition) is 1. The Morgan fingerprint density at radius 1 is 0.923 bits per heavy atom. The molecule has 26 heavy (non-hydrogen) atoms. The van der Waals surface area contributed by atoms with Crippen molar-refractivity contribution in [1.29, 1.82) is 0 Å². The zero-order chi connectivity index (χ0) is 18.1. The van der Waals surface area contributed by atoms with E-state index in [2.05, 4.69) is 48.7 Å². The molecule has 0 aliphatic heterocycles. The van der Waals surface area contributed by atoms with Crippen molar-refractivity contribution in [3.8, 4) is 11.4 Å². The molecule has 0 amide bonds. The first-order valence-electron chi connectivity index (χ1n) is 8.92. The Morgan fingerprint density at radius 3 is 2.42 bits per heavy atom. The van der Waals surface area contributed by atoms with E-state index >= 15 is 0 Å². The fourth-order valence-electron chi connectivity index (χ4n) is 3.29. The maximum atomic E-state index is 13.6. The summed E-state index contributed by atoms with van der Waals surface area (Å²) in [5.41, 5.74) is 5.31. The maximum Gasteiger partial charge on any atom is 0.141 e. The van der Waals surface area contributed by atoms with Crippen molar-refractivity contribution in [2.75, 3.05) is 0 Å². The van der Waals surface area contributed by atoms with Gasteiger partial charge in [-0.1, -0.05) is 62.4 Å². The molecule has 2 nitrogen and oxygen atoms in total. The third kappa shape index (κ3) is 3.13. The molecule has 0 saturated heterocycles. The number of imidazole rings is 1. The molecule has 1 heterocycles. The van der Waals surface area contributed by atoms with Gasteiger partial charge in [-0.05, 0) is 41.3 Å². The van der Waals surface area contributed by atoms with Crippen molar-refractivity contribution in [3.63, 3.8) is 0 Å². The molecule has 0 aliphatic rings. The van der Waals surface area contributed by atoms with Crippen LogP contribution in [-0.2, 0) is 6.54 Å². The Hall–Kier alpha value is -2.94. The summed E-state index contributed by atoms with van der Waals surface area (Å²) in [6.45, 7) is 4.96. The molecule has 0 aliphatic carbocycles. The molecule has 0 spiro atoms. The summed E-state index contributed by atoms with van der Waals surface area (Å²) in [5, 5.41) is 0. The van der Waals surface area contributed by atoms with Crippen LogP contribution in [0, 0.1) is 5.82 Å². The van der Waals surface area contributed by atoms with E-state index in [0.29, 0.717) is 12.5 Å². The van der Waals surface area contributed by atoms with Crippen LogP contribution in [0.15, 0.2) is 72.8 Å². The fraction of sp³-hybridized carbons (Fsp3) is 0.174. The van der Waals surface area contributed by atoms with E-state index in [1.807, 2.05) is 24.3 Å². The van der Waals surface area contributed by atoms with Crippen LogP contribution in [0.2, 0.25) is 0 Å². The van der Waals surface area contributed by atoms with Crippen LogP contribution < -0.4 is 0 Å². The molecular weight excluding hydrogens is 323 g/mol. The van der Waals surface area contributed by atoms with Crippen molar-refractivity contribution in [2.45, 2.75) is 26.3 Å². The highest BCUT2D eigenvalue weighted by Gasteiger charge is 2.13. The second kappa shape index (κ2) is 6.75. The van der Waals surface area contributed by atoms with Crippen molar-refractivity contribution in [1.82, 2.24) is 9.55 Å². The minimum atomic E-state index is -0.213. The average Bonchev–Trinajstić information content (AvgIpc) is 3.00. The highest BCUT2D eigenvalue weighted by atomic mass is 19.1. The molecule has 4 aromatic rings. The van der Waals surface area contributed by atoms with Crippen LogP contribution in [0.1, 0.15) is 30.9 Å². The summed E-state index contributed by atoms with van der Waals surface area (Å²) in [5.74, 6) is 1.19. The van der Waals surface area contributed by atoms with Gasteiger partial charge in [0.2, 0.25) is 0 Å². The Labute approximate surface area is 152 Å². The van der Waals surface area contributed by atoms with Gasteiger partial charge in [0.05, 0.1) is 11.0 Å². The molecule has 3 heteroatoms. The average molecular weight is 344 g/mol. The summed E-state index contributed by atoms with van der Waals surface area (Å²) < 4.78 is 15.8. The lowest BCUT2D eigenvalue weighted by molar-refractivity contribution is 0.624. The van der Waals surface area contributed by atoms with E-state index in [-0.39, 0.29) is 5.82 Å². The Kier molecular flexibility index (Phi) is 4.29. The summed E-state index contributed by atoms with van der Waals surface area (Å²) in [7, 11) is 0. The normalized spacial score (nSPS) is 11.4. The second-order valence-electron chi connectivity index (χ2n) is 6.92. The van der Waals surface area contributed by atoms with E-state index in [1.54, 1.807) is 12.1 Å². The minimum Gasteiger partial charge on any atom is -0.319 e. The number of nitrogens with zero attached hydrogens (tertiary/aromatic N) is 2. The zero-order valence-corrected chi connectivity index (χ0v) is 15.0. The number of fused-ring (bicyclic) bond motifs is 1. The molecule has 0 atom stereocenters.